The van der Waals surface area contributed by atoms with E-state index in [4.69, 9.17) is 5.73 Å². The van der Waals surface area contributed by atoms with Gasteiger partial charge in [0.05, 0.1) is 12.2 Å². The summed E-state index contributed by atoms with van der Waals surface area (Å²) in [5, 5.41) is 0. The van der Waals surface area contributed by atoms with Gasteiger partial charge in [-0.3, -0.25) is 4.79 Å². The number of rotatable bonds is 3. The van der Waals surface area contributed by atoms with Crippen molar-refractivity contribution in [2.24, 2.45) is 11.7 Å². The van der Waals surface area contributed by atoms with Crippen molar-refractivity contribution in [2.75, 3.05) is 37.3 Å². The van der Waals surface area contributed by atoms with Crippen molar-refractivity contribution in [1.29, 1.82) is 0 Å². The van der Waals surface area contributed by atoms with Gasteiger partial charge in [0.15, 0.2) is 0 Å². The predicted octanol–water partition coefficient (Wildman–Crippen LogP) is -1.34. The fourth-order valence-corrected chi connectivity index (χ4v) is 2.97. The van der Waals surface area contributed by atoms with Crippen molar-refractivity contribution in [1.82, 2.24) is 14.3 Å². The molecule has 1 saturated heterocycles. The molecule has 8 nitrogen and oxygen atoms in total. The van der Waals surface area contributed by atoms with E-state index in [0.717, 1.165) is 6.26 Å². The van der Waals surface area contributed by atoms with E-state index in [1.165, 1.54) is 4.31 Å². The van der Waals surface area contributed by atoms with Gasteiger partial charge in [-0.25, -0.2) is 18.4 Å². The lowest BCUT2D eigenvalue weighted by Gasteiger charge is -2.21. The smallest absolute Gasteiger partial charge is 0.225 e. The van der Waals surface area contributed by atoms with Gasteiger partial charge >= 0.3 is 0 Å². The van der Waals surface area contributed by atoms with Gasteiger partial charge in [-0.2, -0.15) is 4.31 Å². The summed E-state index contributed by atoms with van der Waals surface area (Å²) in [6.45, 7) is 1.10. The summed E-state index contributed by atoms with van der Waals surface area (Å²) in [5.74, 6) is -0.647. The first kappa shape index (κ1) is 14.7. The molecule has 0 aliphatic carbocycles. The maximum atomic E-state index is 11.7. The van der Waals surface area contributed by atoms with Gasteiger partial charge in [-0.15, -0.1) is 0 Å². The molecule has 1 unspecified atom stereocenters. The first-order valence-corrected chi connectivity index (χ1v) is 7.99. The lowest BCUT2D eigenvalue weighted by atomic mass is 10.1. The first-order valence-electron chi connectivity index (χ1n) is 6.14. The molecule has 2 N–H and O–H groups in total. The van der Waals surface area contributed by atoms with Crippen molar-refractivity contribution < 1.29 is 13.2 Å². The minimum atomic E-state index is -3.36. The van der Waals surface area contributed by atoms with Crippen molar-refractivity contribution in [3.05, 3.63) is 18.5 Å². The van der Waals surface area contributed by atoms with Crippen LogP contribution in [0.15, 0.2) is 18.5 Å². The summed E-state index contributed by atoms with van der Waals surface area (Å²) in [7, 11) is -3.36. The third-order valence-corrected chi connectivity index (χ3v) is 4.46. The van der Waals surface area contributed by atoms with Crippen LogP contribution in [0.1, 0.15) is 0 Å². The number of primary amides is 1. The van der Waals surface area contributed by atoms with E-state index >= 15 is 0 Å². The minimum absolute atomic E-state index is 0.0947. The molecule has 0 aromatic carbocycles. The molecule has 0 saturated carbocycles. The van der Waals surface area contributed by atoms with Gasteiger partial charge in [-0.1, -0.05) is 0 Å². The van der Waals surface area contributed by atoms with Crippen LogP contribution in [0.25, 0.3) is 0 Å². The van der Waals surface area contributed by atoms with E-state index in [1.807, 2.05) is 0 Å². The Morgan fingerprint density at radius 3 is 2.50 bits per heavy atom. The minimum Gasteiger partial charge on any atom is -0.369 e. The molecule has 0 bridgehead atoms. The third kappa shape index (κ3) is 3.42. The normalized spacial score (nSPS) is 21.4. The zero-order valence-electron chi connectivity index (χ0n) is 11.1. The summed E-state index contributed by atoms with van der Waals surface area (Å²) < 4.78 is 24.6. The Balaban J connectivity index is 2.25. The fraction of sp³-hybridized carbons (Fsp3) is 0.545. The molecule has 1 aliphatic heterocycles. The Kier molecular flexibility index (Phi) is 4.19. The van der Waals surface area contributed by atoms with Crippen LogP contribution in [0.3, 0.4) is 0 Å². The lowest BCUT2D eigenvalue weighted by Crippen LogP contribution is -2.40. The number of sulfonamides is 1. The number of carbonyl (C=O) groups is 1. The van der Waals surface area contributed by atoms with Crippen LogP contribution in [0, 0.1) is 5.92 Å². The van der Waals surface area contributed by atoms with Crippen LogP contribution >= 0.6 is 0 Å². The third-order valence-electron chi connectivity index (χ3n) is 3.19. The molecule has 0 spiro atoms. The Morgan fingerprint density at radius 1 is 1.30 bits per heavy atom. The highest BCUT2D eigenvalue weighted by Crippen LogP contribution is 2.16. The maximum absolute atomic E-state index is 11.7. The average molecular weight is 299 g/mol. The van der Waals surface area contributed by atoms with Gasteiger partial charge < -0.3 is 10.6 Å². The van der Waals surface area contributed by atoms with Gasteiger partial charge in [0, 0.05) is 38.6 Å². The molecular weight excluding hydrogens is 282 g/mol. The number of hydrogen-bond donors (Lipinski definition) is 1. The number of nitrogens with two attached hydrogens (primary N) is 1. The number of carbonyl (C=O) groups excluding carboxylic acids is 1. The van der Waals surface area contributed by atoms with Gasteiger partial charge in [0.2, 0.25) is 21.9 Å². The maximum Gasteiger partial charge on any atom is 0.225 e. The quantitative estimate of drug-likeness (QED) is 0.740. The van der Waals surface area contributed by atoms with Gasteiger partial charge in [0.25, 0.3) is 0 Å². The second-order valence-electron chi connectivity index (χ2n) is 4.72. The Hall–Kier alpha value is -1.74. The summed E-state index contributed by atoms with van der Waals surface area (Å²) in [6, 6.07) is 1.69. The lowest BCUT2D eigenvalue weighted by molar-refractivity contribution is -0.121. The van der Waals surface area contributed by atoms with E-state index < -0.39 is 21.8 Å². The molecule has 20 heavy (non-hydrogen) atoms. The summed E-state index contributed by atoms with van der Waals surface area (Å²) in [6.07, 6.45) is 4.32. The molecule has 1 aromatic heterocycles. The standard InChI is InChI=1S/C11H17N5O3S/c1-20(18,19)16-6-5-15(7-9(8-16)10(12)17)11-13-3-2-4-14-11/h2-4,9H,5-8H2,1H3,(H2,12,17). The topological polar surface area (TPSA) is 109 Å². The largest absolute Gasteiger partial charge is 0.369 e. The van der Waals surface area contributed by atoms with Gasteiger partial charge in [0.1, 0.15) is 0 Å². The molecule has 0 radical (unpaired) electrons. The molecule has 1 atom stereocenters. The van der Waals surface area contributed by atoms with Crippen LogP contribution in [0.2, 0.25) is 0 Å². The molecule has 110 valence electrons. The average Bonchev–Trinajstić information content (AvgIpc) is 2.62. The molecule has 2 rings (SSSR count). The molecule has 1 fully saturated rings. The first-order chi connectivity index (χ1) is 9.38. The summed E-state index contributed by atoms with van der Waals surface area (Å²) in [4.78, 5) is 21.5. The zero-order chi connectivity index (χ0) is 14.8. The van der Waals surface area contributed by atoms with Gasteiger partial charge in [-0.05, 0) is 6.07 Å². The molecule has 1 aliphatic rings. The van der Waals surface area contributed by atoms with E-state index in [0.29, 0.717) is 19.0 Å². The van der Waals surface area contributed by atoms with Crippen LogP contribution in [0.4, 0.5) is 5.95 Å². The van der Waals surface area contributed by atoms with Crippen LogP contribution in [0.5, 0.6) is 0 Å². The Labute approximate surface area is 117 Å². The van der Waals surface area contributed by atoms with E-state index in [2.05, 4.69) is 9.97 Å². The number of anilines is 1. The van der Waals surface area contributed by atoms with E-state index in [-0.39, 0.29) is 13.1 Å². The summed E-state index contributed by atoms with van der Waals surface area (Å²) in [5.41, 5.74) is 5.35. The molecule has 1 amide bonds. The van der Waals surface area contributed by atoms with Crippen molar-refractivity contribution >= 4 is 21.9 Å². The van der Waals surface area contributed by atoms with E-state index in [9.17, 15) is 13.2 Å². The highest BCUT2D eigenvalue weighted by molar-refractivity contribution is 7.88. The Bertz CT molecular complexity index is 577. The van der Waals surface area contributed by atoms with Crippen molar-refractivity contribution in [3.63, 3.8) is 0 Å². The SMILES string of the molecule is CS(=O)(=O)N1CCN(c2ncccn2)CC(C(N)=O)C1. The molecular formula is C11H17N5O3S. The molecule has 2 heterocycles. The number of hydrogen-bond acceptors (Lipinski definition) is 6. The van der Waals surface area contributed by atoms with Crippen LogP contribution in [-0.2, 0) is 14.8 Å². The second-order valence-corrected chi connectivity index (χ2v) is 6.70. The fourth-order valence-electron chi connectivity index (χ4n) is 2.10. The van der Waals surface area contributed by atoms with Crippen LogP contribution < -0.4 is 10.6 Å². The highest BCUT2D eigenvalue weighted by atomic mass is 32.2. The molecule has 9 heteroatoms. The monoisotopic (exact) mass is 299 g/mol. The number of amides is 1. The number of nitrogens with zero attached hydrogens (tertiary/aromatic N) is 4. The van der Waals surface area contributed by atoms with Crippen molar-refractivity contribution in [3.8, 4) is 0 Å². The predicted molar refractivity (Wildman–Crippen MR) is 73.3 cm³/mol. The number of aromatic nitrogens is 2. The van der Waals surface area contributed by atoms with Crippen LogP contribution in [-0.4, -0.2) is 61.0 Å². The molecule has 1 aromatic rings. The zero-order valence-corrected chi connectivity index (χ0v) is 12.0. The Morgan fingerprint density at radius 2 is 1.95 bits per heavy atom. The summed E-state index contributed by atoms with van der Waals surface area (Å²) >= 11 is 0. The highest BCUT2D eigenvalue weighted by Gasteiger charge is 2.31. The van der Waals surface area contributed by atoms with Crippen molar-refractivity contribution in [2.45, 2.75) is 0 Å². The van der Waals surface area contributed by atoms with E-state index in [1.54, 1.807) is 23.4 Å². The second kappa shape index (κ2) is 5.71.